The highest BCUT2D eigenvalue weighted by Crippen LogP contribution is 2.15. The quantitative estimate of drug-likeness (QED) is 0.773. The summed E-state index contributed by atoms with van der Waals surface area (Å²) in [5.74, 6) is -0.890. The van der Waals surface area contributed by atoms with E-state index in [1.54, 1.807) is 23.9 Å². The fraction of sp³-hybridized carbons (Fsp3) is 0.0625. The van der Waals surface area contributed by atoms with Gasteiger partial charge in [0.1, 0.15) is 11.4 Å². The minimum absolute atomic E-state index is 0.308. The second kappa shape index (κ2) is 5.33. The van der Waals surface area contributed by atoms with Gasteiger partial charge in [0.25, 0.3) is 11.8 Å². The van der Waals surface area contributed by atoms with Gasteiger partial charge in [-0.1, -0.05) is 24.3 Å². The lowest BCUT2D eigenvalue weighted by Crippen LogP contribution is -2.14. The molecule has 6 heteroatoms. The number of para-hydroxylation sites is 1. The number of aryl methyl sites for hydroxylation is 1. The number of anilines is 1. The van der Waals surface area contributed by atoms with Gasteiger partial charge in [-0.25, -0.2) is 4.98 Å². The van der Waals surface area contributed by atoms with E-state index in [1.165, 1.54) is 6.07 Å². The van der Waals surface area contributed by atoms with Gasteiger partial charge < -0.3 is 15.6 Å². The number of hydrogen-bond acceptors (Lipinski definition) is 3. The number of hydrogen-bond donors (Lipinski definition) is 2. The van der Waals surface area contributed by atoms with Crippen LogP contribution in [0.25, 0.3) is 10.9 Å². The number of fused-ring (bicyclic) bond motifs is 1. The molecule has 2 amide bonds. The number of pyridine rings is 1. The van der Waals surface area contributed by atoms with Crippen molar-refractivity contribution in [2.75, 3.05) is 5.32 Å². The number of nitrogens with two attached hydrogens (primary N) is 1. The molecule has 0 fully saturated rings. The molecule has 0 saturated carbocycles. The van der Waals surface area contributed by atoms with E-state index < -0.39 is 5.91 Å². The van der Waals surface area contributed by atoms with Gasteiger partial charge in [-0.05, 0) is 18.2 Å². The van der Waals surface area contributed by atoms with Crippen molar-refractivity contribution in [2.45, 2.75) is 0 Å². The van der Waals surface area contributed by atoms with E-state index in [-0.39, 0.29) is 5.91 Å². The topological polar surface area (TPSA) is 90.0 Å². The number of benzene rings is 1. The molecule has 3 N–H and O–H groups in total. The van der Waals surface area contributed by atoms with Gasteiger partial charge in [0.15, 0.2) is 0 Å². The normalized spacial score (nSPS) is 10.6. The number of carbonyl (C=O) groups excluding carboxylic acids is 2. The van der Waals surface area contributed by atoms with Crippen LogP contribution in [0.5, 0.6) is 0 Å². The van der Waals surface area contributed by atoms with E-state index in [9.17, 15) is 9.59 Å². The van der Waals surface area contributed by atoms with Crippen molar-refractivity contribution in [3.05, 3.63) is 60.0 Å². The molecule has 3 aromatic rings. The maximum Gasteiger partial charge on any atom is 0.274 e. The van der Waals surface area contributed by atoms with Crippen LogP contribution in [0.3, 0.4) is 0 Å². The summed E-state index contributed by atoms with van der Waals surface area (Å²) in [4.78, 5) is 27.8. The maximum absolute atomic E-state index is 12.2. The molecule has 0 unspecified atom stereocenters. The van der Waals surface area contributed by atoms with Crippen molar-refractivity contribution in [3.8, 4) is 0 Å². The third-order valence-corrected chi connectivity index (χ3v) is 3.35. The average Bonchev–Trinajstić information content (AvgIpc) is 2.87. The number of nitrogens with one attached hydrogen (secondary N) is 1. The number of aromatic nitrogens is 2. The van der Waals surface area contributed by atoms with Crippen LogP contribution >= 0.6 is 0 Å². The smallest absolute Gasteiger partial charge is 0.274 e. The first-order valence-corrected chi connectivity index (χ1v) is 6.68. The van der Waals surface area contributed by atoms with Gasteiger partial charge in [-0.2, -0.15) is 0 Å². The van der Waals surface area contributed by atoms with Crippen LogP contribution in [-0.4, -0.2) is 21.4 Å². The van der Waals surface area contributed by atoms with Crippen LogP contribution < -0.4 is 11.1 Å². The molecule has 3 rings (SSSR count). The highest BCUT2D eigenvalue weighted by Gasteiger charge is 2.12. The van der Waals surface area contributed by atoms with Crippen molar-refractivity contribution in [1.82, 2.24) is 9.55 Å². The van der Waals surface area contributed by atoms with Crippen molar-refractivity contribution in [2.24, 2.45) is 12.8 Å². The predicted octanol–water partition coefficient (Wildman–Crippen LogP) is 1.92. The molecule has 6 nitrogen and oxygen atoms in total. The molecule has 0 bridgehead atoms. The van der Waals surface area contributed by atoms with Crippen LogP contribution in [0.4, 0.5) is 5.69 Å². The van der Waals surface area contributed by atoms with Crippen LogP contribution in [0.2, 0.25) is 0 Å². The van der Waals surface area contributed by atoms with Crippen molar-refractivity contribution < 1.29 is 9.59 Å². The fourth-order valence-electron chi connectivity index (χ4n) is 2.27. The third-order valence-electron chi connectivity index (χ3n) is 3.35. The standard InChI is InChI=1S/C16H14N4O2/c1-20-9-11(8-14(20)15(17)21)18-16(22)13-7-6-10-4-2-3-5-12(10)19-13/h2-9H,1H3,(H2,17,21)(H,18,22). The summed E-state index contributed by atoms with van der Waals surface area (Å²) >= 11 is 0. The van der Waals surface area contributed by atoms with E-state index in [0.29, 0.717) is 17.1 Å². The van der Waals surface area contributed by atoms with Gasteiger partial charge >= 0.3 is 0 Å². The molecular formula is C16H14N4O2. The van der Waals surface area contributed by atoms with Gasteiger partial charge in [0, 0.05) is 18.6 Å². The lowest BCUT2D eigenvalue weighted by molar-refractivity contribution is 0.0989. The summed E-state index contributed by atoms with van der Waals surface area (Å²) < 4.78 is 1.56. The molecule has 2 aromatic heterocycles. The Balaban J connectivity index is 1.86. The molecule has 0 radical (unpaired) electrons. The Morgan fingerprint density at radius 2 is 1.95 bits per heavy atom. The molecular weight excluding hydrogens is 280 g/mol. The third kappa shape index (κ3) is 2.54. The molecule has 0 atom stereocenters. The van der Waals surface area contributed by atoms with E-state index in [4.69, 9.17) is 5.73 Å². The van der Waals surface area contributed by atoms with Crippen molar-refractivity contribution >= 4 is 28.4 Å². The zero-order valence-corrected chi connectivity index (χ0v) is 11.9. The lowest BCUT2D eigenvalue weighted by Gasteiger charge is -2.03. The summed E-state index contributed by atoms with van der Waals surface area (Å²) in [6, 6.07) is 12.6. The zero-order chi connectivity index (χ0) is 15.7. The van der Waals surface area contributed by atoms with E-state index >= 15 is 0 Å². The SMILES string of the molecule is Cn1cc(NC(=O)c2ccc3ccccc3n2)cc1C(N)=O. The van der Waals surface area contributed by atoms with Crippen LogP contribution in [-0.2, 0) is 7.05 Å². The second-order valence-corrected chi connectivity index (χ2v) is 4.93. The first-order chi connectivity index (χ1) is 10.5. The minimum atomic E-state index is -0.549. The van der Waals surface area contributed by atoms with Gasteiger partial charge in [0.05, 0.1) is 11.2 Å². The Morgan fingerprint density at radius 3 is 2.68 bits per heavy atom. The zero-order valence-electron chi connectivity index (χ0n) is 11.9. The number of amides is 2. The molecule has 1 aromatic carbocycles. The van der Waals surface area contributed by atoms with Gasteiger partial charge in [-0.3, -0.25) is 9.59 Å². The molecule has 0 spiro atoms. The number of nitrogens with zero attached hydrogens (tertiary/aromatic N) is 2. The predicted molar refractivity (Wildman–Crippen MR) is 83.6 cm³/mol. The molecule has 0 saturated heterocycles. The molecule has 0 aliphatic carbocycles. The Kier molecular flexibility index (Phi) is 3.34. The summed E-state index contributed by atoms with van der Waals surface area (Å²) in [5, 5.41) is 3.68. The fourth-order valence-corrected chi connectivity index (χ4v) is 2.27. The van der Waals surface area contributed by atoms with Crippen molar-refractivity contribution in [3.63, 3.8) is 0 Å². The lowest BCUT2D eigenvalue weighted by atomic mass is 10.2. The maximum atomic E-state index is 12.2. The Bertz CT molecular complexity index is 883. The van der Waals surface area contributed by atoms with E-state index in [2.05, 4.69) is 10.3 Å². The second-order valence-electron chi connectivity index (χ2n) is 4.93. The summed E-state index contributed by atoms with van der Waals surface area (Å²) in [6.45, 7) is 0. The van der Waals surface area contributed by atoms with Gasteiger partial charge in [-0.15, -0.1) is 0 Å². The molecule has 2 heterocycles. The van der Waals surface area contributed by atoms with E-state index in [1.807, 2.05) is 30.3 Å². The summed E-state index contributed by atoms with van der Waals surface area (Å²) in [6.07, 6.45) is 1.62. The van der Waals surface area contributed by atoms with Crippen LogP contribution in [0.15, 0.2) is 48.7 Å². The highest BCUT2D eigenvalue weighted by atomic mass is 16.2. The first kappa shape index (κ1) is 13.8. The number of carbonyl (C=O) groups is 2. The van der Waals surface area contributed by atoms with E-state index in [0.717, 1.165) is 10.9 Å². The van der Waals surface area contributed by atoms with Crippen LogP contribution in [0.1, 0.15) is 21.0 Å². The highest BCUT2D eigenvalue weighted by molar-refractivity contribution is 6.04. The molecule has 22 heavy (non-hydrogen) atoms. The first-order valence-electron chi connectivity index (χ1n) is 6.68. The average molecular weight is 294 g/mol. The molecule has 0 aliphatic rings. The number of rotatable bonds is 3. The largest absolute Gasteiger partial charge is 0.364 e. The molecule has 0 aliphatic heterocycles. The van der Waals surface area contributed by atoms with Gasteiger partial charge in [0.2, 0.25) is 0 Å². The minimum Gasteiger partial charge on any atom is -0.364 e. The Morgan fingerprint density at radius 1 is 1.18 bits per heavy atom. The van der Waals surface area contributed by atoms with Crippen molar-refractivity contribution in [1.29, 1.82) is 0 Å². The summed E-state index contributed by atoms with van der Waals surface area (Å²) in [7, 11) is 1.68. The summed E-state index contributed by atoms with van der Waals surface area (Å²) in [5.41, 5.74) is 7.12. The van der Waals surface area contributed by atoms with Crippen LogP contribution in [0, 0.1) is 0 Å². The number of primary amides is 1. The molecule has 110 valence electrons. The Hall–Kier alpha value is -3.15. The Labute approximate surface area is 126 Å². The monoisotopic (exact) mass is 294 g/mol.